The molecule has 20 heavy (non-hydrogen) atoms. The molecule has 0 amide bonds. The second-order valence-corrected chi connectivity index (χ2v) is 5.32. The fourth-order valence-electron chi connectivity index (χ4n) is 2.08. The molecule has 0 spiro atoms. The van der Waals surface area contributed by atoms with E-state index in [2.05, 4.69) is 42.0 Å². The van der Waals surface area contributed by atoms with E-state index in [1.807, 2.05) is 31.4 Å². The number of nitrogens with zero attached hydrogens (tertiary/aromatic N) is 4. The average Bonchev–Trinajstić information content (AvgIpc) is 3.07. The number of halogens is 1. The van der Waals surface area contributed by atoms with E-state index in [1.54, 1.807) is 4.52 Å². The summed E-state index contributed by atoms with van der Waals surface area (Å²) in [6, 6.07) is 7.93. The minimum absolute atomic E-state index is 0.386. The van der Waals surface area contributed by atoms with E-state index in [-0.39, 0.29) is 0 Å². The molecule has 0 aliphatic heterocycles. The van der Waals surface area contributed by atoms with Crippen molar-refractivity contribution in [3.63, 3.8) is 0 Å². The van der Waals surface area contributed by atoms with Crippen molar-refractivity contribution < 1.29 is 0 Å². The molecule has 0 atom stereocenters. The van der Waals surface area contributed by atoms with Gasteiger partial charge in [-0.1, -0.05) is 0 Å². The topological polar surface area (TPSA) is 75.2 Å². The van der Waals surface area contributed by atoms with Crippen LogP contribution in [0.1, 0.15) is 11.4 Å². The van der Waals surface area contributed by atoms with Crippen molar-refractivity contribution in [2.75, 3.05) is 11.9 Å². The number of hydrogen-bond acceptors (Lipinski definition) is 4. The summed E-state index contributed by atoms with van der Waals surface area (Å²) in [6.07, 6.45) is 1.92. The summed E-state index contributed by atoms with van der Waals surface area (Å²) in [5.74, 6) is 0.869. The quantitative estimate of drug-likeness (QED) is 0.764. The predicted molar refractivity (Wildman–Crippen MR) is 81.5 cm³/mol. The number of fused-ring (bicyclic) bond motifs is 1. The van der Waals surface area contributed by atoms with Crippen LogP contribution in [0.2, 0.25) is 0 Å². The van der Waals surface area contributed by atoms with E-state index in [1.165, 1.54) is 0 Å². The summed E-state index contributed by atoms with van der Waals surface area (Å²) in [4.78, 5) is 9.67. The second kappa shape index (κ2) is 5.26. The van der Waals surface area contributed by atoms with E-state index >= 15 is 0 Å². The van der Waals surface area contributed by atoms with Gasteiger partial charge in [-0.2, -0.15) is 0 Å². The molecular weight excluding hydrogens is 320 g/mol. The van der Waals surface area contributed by atoms with Crippen molar-refractivity contribution in [1.82, 2.24) is 19.6 Å². The van der Waals surface area contributed by atoms with Gasteiger partial charge in [0.1, 0.15) is 10.4 Å². The van der Waals surface area contributed by atoms with Gasteiger partial charge in [0.2, 0.25) is 0 Å². The average molecular weight is 335 g/mol. The standard InChI is InChI=1S/C13H15BrN6/c1-19(8-9-3-2-6-16-9)12-5-4-11-17-10(7-15)13(14)20(11)18-12/h2-6,16H,7-8,15H2,1H3. The maximum Gasteiger partial charge on any atom is 0.155 e. The number of anilines is 1. The lowest BCUT2D eigenvalue weighted by Crippen LogP contribution is -2.18. The Kier molecular flexibility index (Phi) is 3.45. The Hall–Kier alpha value is -1.86. The van der Waals surface area contributed by atoms with Crippen LogP contribution in [-0.2, 0) is 13.1 Å². The summed E-state index contributed by atoms with van der Waals surface area (Å²) in [5.41, 5.74) is 8.39. The molecule has 0 aromatic carbocycles. The first kappa shape index (κ1) is 13.1. The molecule has 0 aliphatic rings. The van der Waals surface area contributed by atoms with Gasteiger partial charge in [-0.3, -0.25) is 0 Å². The number of rotatable bonds is 4. The SMILES string of the molecule is CN(Cc1ccc[nH]1)c1ccc2nc(CN)c(Br)n2n1. The Balaban J connectivity index is 1.93. The molecule has 0 fully saturated rings. The van der Waals surface area contributed by atoms with Crippen LogP contribution < -0.4 is 10.6 Å². The van der Waals surface area contributed by atoms with Crippen molar-refractivity contribution >= 4 is 27.4 Å². The summed E-state index contributed by atoms with van der Waals surface area (Å²) in [7, 11) is 2.00. The highest BCUT2D eigenvalue weighted by Gasteiger charge is 2.11. The van der Waals surface area contributed by atoms with E-state index in [4.69, 9.17) is 5.73 Å². The largest absolute Gasteiger partial charge is 0.364 e. The third kappa shape index (κ3) is 2.30. The molecule has 6 nitrogen and oxygen atoms in total. The van der Waals surface area contributed by atoms with Crippen LogP contribution in [0, 0.1) is 0 Å². The van der Waals surface area contributed by atoms with Crippen molar-refractivity contribution in [2.24, 2.45) is 5.73 Å². The van der Waals surface area contributed by atoms with Gasteiger partial charge in [0.15, 0.2) is 5.65 Å². The fraction of sp³-hybridized carbons (Fsp3) is 0.231. The lowest BCUT2D eigenvalue weighted by Gasteiger charge is -2.17. The molecule has 0 bridgehead atoms. The molecule has 0 unspecified atom stereocenters. The highest BCUT2D eigenvalue weighted by Crippen LogP contribution is 2.20. The van der Waals surface area contributed by atoms with Gasteiger partial charge in [0, 0.05) is 25.5 Å². The maximum absolute atomic E-state index is 5.65. The minimum atomic E-state index is 0.386. The van der Waals surface area contributed by atoms with Gasteiger partial charge in [-0.15, -0.1) is 5.10 Å². The van der Waals surface area contributed by atoms with Crippen LogP contribution in [0.5, 0.6) is 0 Å². The maximum atomic E-state index is 5.65. The Labute approximate surface area is 124 Å². The minimum Gasteiger partial charge on any atom is -0.364 e. The molecule has 3 rings (SSSR count). The normalized spacial score (nSPS) is 11.2. The third-order valence-corrected chi connectivity index (χ3v) is 3.92. The van der Waals surface area contributed by atoms with Crippen LogP contribution in [0.4, 0.5) is 5.82 Å². The highest BCUT2D eigenvalue weighted by molar-refractivity contribution is 9.10. The zero-order valence-electron chi connectivity index (χ0n) is 11.0. The molecule has 0 saturated carbocycles. The Morgan fingerprint density at radius 1 is 1.40 bits per heavy atom. The Morgan fingerprint density at radius 3 is 2.95 bits per heavy atom. The highest BCUT2D eigenvalue weighted by atomic mass is 79.9. The number of nitrogens with two attached hydrogens (primary N) is 1. The van der Waals surface area contributed by atoms with Crippen molar-refractivity contribution in [3.8, 4) is 0 Å². The first-order valence-corrected chi connectivity index (χ1v) is 7.06. The zero-order valence-corrected chi connectivity index (χ0v) is 12.6. The molecule has 104 valence electrons. The monoisotopic (exact) mass is 334 g/mol. The van der Waals surface area contributed by atoms with Crippen LogP contribution in [-0.4, -0.2) is 26.6 Å². The molecule has 3 heterocycles. The fourth-order valence-corrected chi connectivity index (χ4v) is 2.59. The van der Waals surface area contributed by atoms with Crippen molar-refractivity contribution in [3.05, 3.63) is 46.5 Å². The van der Waals surface area contributed by atoms with E-state index in [9.17, 15) is 0 Å². The summed E-state index contributed by atoms with van der Waals surface area (Å²) in [5, 5.41) is 4.59. The Morgan fingerprint density at radius 2 is 2.25 bits per heavy atom. The zero-order chi connectivity index (χ0) is 14.1. The second-order valence-electron chi connectivity index (χ2n) is 4.57. The van der Waals surface area contributed by atoms with E-state index in [0.717, 1.165) is 34.0 Å². The number of hydrogen-bond donors (Lipinski definition) is 2. The van der Waals surface area contributed by atoms with Gasteiger partial charge in [-0.05, 0) is 40.2 Å². The smallest absolute Gasteiger partial charge is 0.155 e. The van der Waals surface area contributed by atoms with Crippen LogP contribution in [0.15, 0.2) is 35.1 Å². The van der Waals surface area contributed by atoms with Gasteiger partial charge >= 0.3 is 0 Å². The molecule has 3 aromatic heterocycles. The molecule has 3 N–H and O–H groups in total. The number of aromatic nitrogens is 4. The third-order valence-electron chi connectivity index (χ3n) is 3.13. The molecule has 0 radical (unpaired) electrons. The number of H-pyrrole nitrogens is 1. The first-order valence-electron chi connectivity index (χ1n) is 6.26. The lowest BCUT2D eigenvalue weighted by atomic mass is 10.4. The summed E-state index contributed by atoms with van der Waals surface area (Å²) >= 11 is 3.49. The van der Waals surface area contributed by atoms with Gasteiger partial charge < -0.3 is 15.6 Å². The van der Waals surface area contributed by atoms with E-state index in [0.29, 0.717) is 6.54 Å². The van der Waals surface area contributed by atoms with Gasteiger partial charge in [-0.25, -0.2) is 9.50 Å². The van der Waals surface area contributed by atoms with Crippen LogP contribution >= 0.6 is 15.9 Å². The van der Waals surface area contributed by atoms with Crippen LogP contribution in [0.3, 0.4) is 0 Å². The van der Waals surface area contributed by atoms with Gasteiger partial charge in [0.05, 0.1) is 12.2 Å². The number of nitrogens with one attached hydrogen (secondary N) is 1. The van der Waals surface area contributed by atoms with Crippen LogP contribution in [0.25, 0.3) is 5.65 Å². The molecular formula is C13H15BrN6. The molecule has 7 heteroatoms. The number of imidazole rings is 1. The van der Waals surface area contributed by atoms with Crippen molar-refractivity contribution in [2.45, 2.75) is 13.1 Å². The van der Waals surface area contributed by atoms with Gasteiger partial charge in [0.25, 0.3) is 0 Å². The first-order chi connectivity index (χ1) is 9.69. The molecule has 0 saturated heterocycles. The summed E-state index contributed by atoms with van der Waals surface area (Å²) in [6.45, 7) is 1.15. The summed E-state index contributed by atoms with van der Waals surface area (Å²) < 4.78 is 2.58. The van der Waals surface area contributed by atoms with E-state index < -0.39 is 0 Å². The predicted octanol–water partition coefficient (Wildman–Crippen LogP) is 1.91. The Bertz CT molecular complexity index is 718. The lowest BCUT2D eigenvalue weighted by molar-refractivity contribution is 0.820. The van der Waals surface area contributed by atoms with Crippen molar-refractivity contribution in [1.29, 1.82) is 0 Å². The number of aromatic amines is 1. The molecule has 0 aliphatic carbocycles. The molecule has 3 aromatic rings.